The van der Waals surface area contributed by atoms with Gasteiger partial charge in [0.15, 0.2) is 0 Å². The molecule has 34 heavy (non-hydrogen) atoms. The molecule has 0 saturated carbocycles. The smallest absolute Gasteiger partial charge is 0.293 e. The molecule has 12 heteroatoms. The van der Waals surface area contributed by atoms with Crippen LogP contribution in [-0.4, -0.2) is 74.1 Å². The summed E-state index contributed by atoms with van der Waals surface area (Å²) in [5.74, 6) is -2.06. The maximum absolute atomic E-state index is 13.8. The van der Waals surface area contributed by atoms with Crippen molar-refractivity contribution in [1.29, 1.82) is 0 Å². The van der Waals surface area contributed by atoms with Gasteiger partial charge < -0.3 is 15.2 Å². The van der Waals surface area contributed by atoms with E-state index in [-0.39, 0.29) is 40.8 Å². The minimum Gasteiger partial charge on any atom is -0.349 e. The van der Waals surface area contributed by atoms with Gasteiger partial charge in [-0.05, 0) is 37.1 Å². The molecule has 1 fully saturated rings. The van der Waals surface area contributed by atoms with E-state index in [1.54, 1.807) is 23.0 Å². The average molecular weight is 490 g/mol. The normalized spacial score (nSPS) is 24.8. The van der Waals surface area contributed by atoms with E-state index in [4.69, 9.17) is 11.6 Å². The van der Waals surface area contributed by atoms with Gasteiger partial charge in [0.1, 0.15) is 23.7 Å². The number of rotatable bonds is 3. The third kappa shape index (κ3) is 3.84. The first-order valence-electron chi connectivity index (χ1n) is 10.8. The summed E-state index contributed by atoms with van der Waals surface area (Å²) in [7, 11) is 1.78. The molecule has 1 aromatic carbocycles. The first-order valence-corrected chi connectivity index (χ1v) is 11.2. The van der Waals surface area contributed by atoms with Crippen molar-refractivity contribution in [1.82, 2.24) is 35.4 Å². The van der Waals surface area contributed by atoms with E-state index >= 15 is 0 Å². The van der Waals surface area contributed by atoms with Crippen LogP contribution in [0, 0.1) is 11.6 Å². The Morgan fingerprint density at radius 1 is 1.24 bits per heavy atom. The zero-order chi connectivity index (χ0) is 24.1. The van der Waals surface area contributed by atoms with Crippen molar-refractivity contribution in [3.05, 3.63) is 59.2 Å². The molecule has 5 rings (SSSR count). The molecule has 1 aromatic heterocycles. The molecule has 2 unspecified atom stereocenters. The third-order valence-corrected chi connectivity index (χ3v) is 6.58. The molecule has 4 heterocycles. The Bertz CT molecular complexity index is 1220. The van der Waals surface area contributed by atoms with E-state index in [1.807, 2.05) is 6.92 Å². The monoisotopic (exact) mass is 489 g/mol. The highest BCUT2D eigenvalue weighted by atomic mass is 35.5. The SMILES string of the molecule is C[C@@H]1C2NN(C)C(c3cc(F)cc(F)c3)=C2CCN1C(=O)c1ncn(C2=CC(Cl)CNC2=O)n1. The first-order chi connectivity index (χ1) is 16.2. The predicted octanol–water partition coefficient (Wildman–Crippen LogP) is 1.60. The summed E-state index contributed by atoms with van der Waals surface area (Å²) >= 11 is 6.09. The number of nitrogens with zero attached hydrogens (tertiary/aromatic N) is 5. The van der Waals surface area contributed by atoms with Gasteiger partial charge in [0.25, 0.3) is 11.8 Å². The summed E-state index contributed by atoms with van der Waals surface area (Å²) in [5, 5.41) is 8.22. The number of carbonyl (C=O) groups excluding carboxylic acids is 2. The van der Waals surface area contributed by atoms with E-state index in [0.717, 1.165) is 11.6 Å². The fourth-order valence-electron chi connectivity index (χ4n) is 4.74. The number of carbonyl (C=O) groups is 2. The Hall–Kier alpha value is -3.31. The Balaban J connectivity index is 1.39. The lowest BCUT2D eigenvalue weighted by molar-refractivity contribution is -0.116. The average Bonchev–Trinajstić information content (AvgIpc) is 3.39. The molecular formula is C22H22ClF2N7O2. The molecule has 3 atom stereocenters. The number of aromatic nitrogens is 3. The van der Waals surface area contributed by atoms with Crippen molar-refractivity contribution in [3.63, 3.8) is 0 Å². The number of hydrogen-bond donors (Lipinski definition) is 2. The first kappa shape index (κ1) is 22.5. The maximum atomic E-state index is 13.8. The van der Waals surface area contributed by atoms with Crippen LogP contribution in [0.2, 0.25) is 0 Å². The van der Waals surface area contributed by atoms with E-state index in [9.17, 15) is 18.4 Å². The summed E-state index contributed by atoms with van der Waals surface area (Å²) in [4.78, 5) is 31.1. The van der Waals surface area contributed by atoms with Crippen molar-refractivity contribution >= 4 is 34.8 Å². The van der Waals surface area contributed by atoms with Gasteiger partial charge in [-0.1, -0.05) is 0 Å². The van der Waals surface area contributed by atoms with Crippen molar-refractivity contribution < 1.29 is 18.4 Å². The van der Waals surface area contributed by atoms with Gasteiger partial charge in [0.2, 0.25) is 5.82 Å². The van der Waals surface area contributed by atoms with Crippen LogP contribution in [0.3, 0.4) is 0 Å². The van der Waals surface area contributed by atoms with Crippen LogP contribution >= 0.6 is 11.6 Å². The van der Waals surface area contributed by atoms with E-state index in [0.29, 0.717) is 30.8 Å². The fraction of sp³-hybridized carbons (Fsp3) is 0.364. The third-order valence-electron chi connectivity index (χ3n) is 6.30. The van der Waals surface area contributed by atoms with Gasteiger partial charge in [-0.15, -0.1) is 16.7 Å². The quantitative estimate of drug-likeness (QED) is 0.636. The molecule has 0 spiro atoms. The molecule has 0 bridgehead atoms. The van der Waals surface area contributed by atoms with Gasteiger partial charge in [0, 0.05) is 31.8 Å². The number of benzene rings is 1. The molecule has 2 aromatic rings. The Labute approximate surface area is 199 Å². The number of hydrazine groups is 1. The van der Waals surface area contributed by atoms with E-state index in [1.165, 1.54) is 23.1 Å². The van der Waals surface area contributed by atoms with Crippen LogP contribution in [0.5, 0.6) is 0 Å². The second-order valence-electron chi connectivity index (χ2n) is 8.48. The summed E-state index contributed by atoms with van der Waals surface area (Å²) in [5.41, 5.74) is 5.62. The molecule has 3 aliphatic rings. The summed E-state index contributed by atoms with van der Waals surface area (Å²) < 4.78 is 28.9. The van der Waals surface area contributed by atoms with Gasteiger partial charge in [-0.3, -0.25) is 9.59 Å². The van der Waals surface area contributed by atoms with Crippen LogP contribution in [0.15, 0.2) is 36.2 Å². The number of likely N-dealkylation sites (tertiary alicyclic amines) is 1. The van der Waals surface area contributed by atoms with Crippen LogP contribution < -0.4 is 10.7 Å². The molecule has 0 aliphatic carbocycles. The number of nitrogens with one attached hydrogen (secondary N) is 2. The minimum absolute atomic E-state index is 0.0385. The van der Waals surface area contributed by atoms with Crippen molar-refractivity contribution in [2.45, 2.75) is 30.8 Å². The standard InChI is InChI=1S/C22H22ClF2N7O2/c1-11-18-16(19(30(2)28-18)12-5-14(24)8-15(25)6-12)3-4-31(11)22(34)20-27-10-32(29-20)17-7-13(23)9-26-21(17)33/h5-8,10-11,13,18,28H,3-4,9H2,1-2H3,(H,26,33)/t11-,13?,18?/m1/s1. The summed E-state index contributed by atoms with van der Waals surface area (Å²) in [6, 6.07) is 2.91. The Morgan fingerprint density at radius 2 is 1.97 bits per heavy atom. The number of piperidine rings is 1. The zero-order valence-electron chi connectivity index (χ0n) is 18.4. The predicted molar refractivity (Wildman–Crippen MR) is 120 cm³/mol. The van der Waals surface area contributed by atoms with Crippen LogP contribution in [0.25, 0.3) is 11.4 Å². The van der Waals surface area contributed by atoms with Crippen molar-refractivity contribution in [3.8, 4) is 0 Å². The number of alkyl halides is 1. The van der Waals surface area contributed by atoms with Gasteiger partial charge in [-0.2, -0.15) is 0 Å². The topological polar surface area (TPSA) is 95.4 Å². The van der Waals surface area contributed by atoms with E-state index < -0.39 is 11.6 Å². The second kappa shape index (κ2) is 8.48. The Kier molecular flexibility index (Phi) is 5.61. The maximum Gasteiger partial charge on any atom is 0.293 e. The lowest BCUT2D eigenvalue weighted by atomic mass is 9.90. The van der Waals surface area contributed by atoms with Crippen LogP contribution in [0.1, 0.15) is 29.5 Å². The van der Waals surface area contributed by atoms with Gasteiger partial charge in [0.05, 0.1) is 23.2 Å². The van der Waals surface area contributed by atoms with Crippen LogP contribution in [0.4, 0.5) is 8.78 Å². The number of amides is 2. The van der Waals surface area contributed by atoms with Gasteiger partial charge >= 0.3 is 0 Å². The molecule has 9 nitrogen and oxygen atoms in total. The van der Waals surface area contributed by atoms with Crippen LogP contribution in [-0.2, 0) is 4.79 Å². The number of halogens is 3. The van der Waals surface area contributed by atoms with Gasteiger partial charge in [-0.25, -0.2) is 23.9 Å². The highest BCUT2D eigenvalue weighted by Gasteiger charge is 2.42. The van der Waals surface area contributed by atoms with Crippen molar-refractivity contribution in [2.75, 3.05) is 20.1 Å². The molecular weight excluding hydrogens is 468 g/mol. The highest BCUT2D eigenvalue weighted by molar-refractivity contribution is 6.25. The number of hydrogen-bond acceptors (Lipinski definition) is 6. The molecule has 1 saturated heterocycles. The van der Waals surface area contributed by atoms with E-state index in [2.05, 4.69) is 20.8 Å². The lowest BCUT2D eigenvalue weighted by Gasteiger charge is -2.38. The fourth-order valence-corrected chi connectivity index (χ4v) is 4.94. The largest absolute Gasteiger partial charge is 0.349 e. The second-order valence-corrected chi connectivity index (χ2v) is 9.04. The lowest BCUT2D eigenvalue weighted by Crippen LogP contribution is -2.55. The summed E-state index contributed by atoms with van der Waals surface area (Å²) in [6.45, 7) is 2.59. The molecule has 3 aliphatic heterocycles. The van der Waals surface area contributed by atoms with Crippen molar-refractivity contribution in [2.24, 2.45) is 0 Å². The highest BCUT2D eigenvalue weighted by Crippen LogP contribution is 2.36. The summed E-state index contributed by atoms with van der Waals surface area (Å²) in [6.07, 6.45) is 3.39. The Morgan fingerprint density at radius 3 is 2.71 bits per heavy atom. The number of fused-ring (bicyclic) bond motifs is 1. The molecule has 0 radical (unpaired) electrons. The molecule has 2 amide bonds. The molecule has 178 valence electrons. The molecule has 2 N–H and O–H groups in total. The zero-order valence-corrected chi connectivity index (χ0v) is 19.2. The minimum atomic E-state index is -0.649.